The van der Waals surface area contributed by atoms with Crippen LogP contribution in [0.15, 0.2) is 29.6 Å². The first-order valence-corrected chi connectivity index (χ1v) is 9.38. The minimum Gasteiger partial charge on any atom is -0.393 e. The number of aromatic nitrogens is 1. The SMILES string of the molecule is Cc1ccc(-c2nc(CC(=O)N3CCC(C(C)O)CC3)cs2)cc1. The molecule has 0 bridgehead atoms. The van der Waals surface area contributed by atoms with Crippen molar-refractivity contribution in [2.24, 2.45) is 5.92 Å². The monoisotopic (exact) mass is 344 g/mol. The van der Waals surface area contributed by atoms with Crippen molar-refractivity contribution >= 4 is 17.2 Å². The summed E-state index contributed by atoms with van der Waals surface area (Å²) in [5, 5.41) is 12.6. The van der Waals surface area contributed by atoms with Gasteiger partial charge in [0.05, 0.1) is 18.2 Å². The lowest BCUT2D eigenvalue weighted by molar-refractivity contribution is -0.132. The Balaban J connectivity index is 1.59. The predicted octanol–water partition coefficient (Wildman–Crippen LogP) is 3.28. The lowest BCUT2D eigenvalue weighted by Gasteiger charge is -2.33. The van der Waals surface area contributed by atoms with Crippen molar-refractivity contribution in [2.75, 3.05) is 13.1 Å². The zero-order valence-corrected chi connectivity index (χ0v) is 15.1. The summed E-state index contributed by atoms with van der Waals surface area (Å²) in [5.74, 6) is 0.460. The average Bonchev–Trinajstić information content (AvgIpc) is 3.04. The van der Waals surface area contributed by atoms with Gasteiger partial charge in [-0.1, -0.05) is 29.8 Å². The molecule has 1 aromatic carbocycles. The van der Waals surface area contributed by atoms with E-state index in [0.29, 0.717) is 12.3 Å². The molecule has 1 saturated heterocycles. The van der Waals surface area contributed by atoms with Gasteiger partial charge in [0.1, 0.15) is 5.01 Å². The van der Waals surface area contributed by atoms with Gasteiger partial charge in [0.25, 0.3) is 0 Å². The van der Waals surface area contributed by atoms with Crippen LogP contribution in [0.4, 0.5) is 0 Å². The number of nitrogens with zero attached hydrogens (tertiary/aromatic N) is 2. The van der Waals surface area contributed by atoms with Crippen LogP contribution in [0.25, 0.3) is 10.6 Å². The molecule has 128 valence electrons. The number of rotatable bonds is 4. The Bertz CT molecular complexity index is 686. The van der Waals surface area contributed by atoms with Crippen molar-refractivity contribution in [3.8, 4) is 10.6 Å². The molecule has 3 rings (SSSR count). The largest absolute Gasteiger partial charge is 0.393 e. The molecule has 0 spiro atoms. The lowest BCUT2D eigenvalue weighted by atomic mass is 9.92. The molecular formula is C19H24N2O2S. The Hall–Kier alpha value is -1.72. The topological polar surface area (TPSA) is 53.4 Å². The van der Waals surface area contributed by atoms with E-state index in [2.05, 4.69) is 36.2 Å². The Kier molecular flexibility index (Phi) is 5.31. The van der Waals surface area contributed by atoms with Gasteiger partial charge in [-0.15, -0.1) is 11.3 Å². The fraction of sp³-hybridized carbons (Fsp3) is 0.474. The number of aliphatic hydroxyl groups is 1. The number of thiazole rings is 1. The van der Waals surface area contributed by atoms with E-state index in [1.54, 1.807) is 11.3 Å². The Morgan fingerprint density at radius 2 is 2.00 bits per heavy atom. The number of carbonyl (C=O) groups is 1. The average molecular weight is 344 g/mol. The number of carbonyl (C=O) groups excluding carboxylic acids is 1. The van der Waals surface area contributed by atoms with Crippen LogP contribution < -0.4 is 0 Å². The van der Waals surface area contributed by atoms with Crippen molar-refractivity contribution in [1.82, 2.24) is 9.88 Å². The van der Waals surface area contributed by atoms with E-state index in [1.807, 2.05) is 17.2 Å². The molecule has 5 heteroatoms. The maximum absolute atomic E-state index is 12.5. The van der Waals surface area contributed by atoms with Gasteiger partial charge in [-0.25, -0.2) is 4.98 Å². The summed E-state index contributed by atoms with van der Waals surface area (Å²) >= 11 is 1.59. The summed E-state index contributed by atoms with van der Waals surface area (Å²) in [7, 11) is 0. The van der Waals surface area contributed by atoms with Crippen molar-refractivity contribution < 1.29 is 9.90 Å². The van der Waals surface area contributed by atoms with Crippen molar-refractivity contribution in [3.63, 3.8) is 0 Å². The van der Waals surface area contributed by atoms with Crippen LogP contribution in [-0.4, -0.2) is 40.1 Å². The van der Waals surface area contributed by atoms with E-state index in [1.165, 1.54) is 5.56 Å². The number of aliphatic hydroxyl groups excluding tert-OH is 1. The van der Waals surface area contributed by atoms with Crippen LogP contribution in [0.2, 0.25) is 0 Å². The van der Waals surface area contributed by atoms with E-state index in [-0.39, 0.29) is 12.0 Å². The second-order valence-electron chi connectivity index (χ2n) is 6.65. The van der Waals surface area contributed by atoms with Crippen LogP contribution in [0.5, 0.6) is 0 Å². The third kappa shape index (κ3) is 4.02. The summed E-state index contributed by atoms with van der Waals surface area (Å²) in [5.41, 5.74) is 3.17. The molecular weight excluding hydrogens is 320 g/mol. The fourth-order valence-electron chi connectivity index (χ4n) is 3.11. The molecule has 2 heterocycles. The zero-order valence-electron chi connectivity index (χ0n) is 14.2. The summed E-state index contributed by atoms with van der Waals surface area (Å²) in [6, 6.07) is 8.29. The Morgan fingerprint density at radius 1 is 1.33 bits per heavy atom. The highest BCUT2D eigenvalue weighted by Crippen LogP contribution is 2.25. The first kappa shape index (κ1) is 17.1. The molecule has 1 N–H and O–H groups in total. The lowest BCUT2D eigenvalue weighted by Crippen LogP contribution is -2.41. The number of piperidine rings is 1. The first-order chi connectivity index (χ1) is 11.5. The Labute approximate surface area is 147 Å². The molecule has 1 unspecified atom stereocenters. The van der Waals surface area contributed by atoms with Gasteiger partial charge in [0, 0.05) is 24.0 Å². The quantitative estimate of drug-likeness (QED) is 0.926. The summed E-state index contributed by atoms with van der Waals surface area (Å²) in [4.78, 5) is 19.0. The number of amides is 1. The van der Waals surface area contributed by atoms with Crippen LogP contribution in [-0.2, 0) is 11.2 Å². The van der Waals surface area contributed by atoms with Gasteiger partial charge < -0.3 is 10.0 Å². The van der Waals surface area contributed by atoms with Gasteiger partial charge in [-0.3, -0.25) is 4.79 Å². The molecule has 24 heavy (non-hydrogen) atoms. The summed E-state index contributed by atoms with van der Waals surface area (Å²) in [6.07, 6.45) is 1.85. The molecule has 0 saturated carbocycles. The second kappa shape index (κ2) is 7.45. The molecule has 1 fully saturated rings. The molecule has 1 aliphatic rings. The Morgan fingerprint density at radius 3 is 2.62 bits per heavy atom. The molecule has 1 aliphatic heterocycles. The minimum atomic E-state index is -0.280. The fourth-order valence-corrected chi connectivity index (χ4v) is 3.94. The van der Waals surface area contributed by atoms with Crippen LogP contribution in [0.1, 0.15) is 31.0 Å². The van der Waals surface area contributed by atoms with Crippen molar-refractivity contribution in [1.29, 1.82) is 0 Å². The van der Waals surface area contributed by atoms with E-state index in [0.717, 1.165) is 42.2 Å². The van der Waals surface area contributed by atoms with Crippen LogP contribution >= 0.6 is 11.3 Å². The molecule has 1 atom stereocenters. The molecule has 2 aromatic rings. The first-order valence-electron chi connectivity index (χ1n) is 8.50. The van der Waals surface area contributed by atoms with E-state index < -0.39 is 0 Å². The van der Waals surface area contributed by atoms with Crippen LogP contribution in [0, 0.1) is 12.8 Å². The highest BCUT2D eigenvalue weighted by Gasteiger charge is 2.25. The predicted molar refractivity (Wildman–Crippen MR) is 97.0 cm³/mol. The van der Waals surface area contributed by atoms with Gasteiger partial charge in [0.2, 0.25) is 5.91 Å². The summed E-state index contributed by atoms with van der Waals surface area (Å²) in [6.45, 7) is 5.38. The van der Waals surface area contributed by atoms with Crippen LogP contribution in [0.3, 0.4) is 0 Å². The molecule has 0 aliphatic carbocycles. The van der Waals surface area contributed by atoms with E-state index in [9.17, 15) is 9.90 Å². The third-order valence-corrected chi connectivity index (χ3v) is 5.70. The maximum Gasteiger partial charge on any atom is 0.228 e. The molecule has 4 nitrogen and oxygen atoms in total. The standard InChI is InChI=1S/C19H24N2O2S/c1-13-3-5-16(6-4-13)19-20-17(12-24-19)11-18(23)21-9-7-15(8-10-21)14(2)22/h3-6,12,14-15,22H,7-11H2,1-2H3. The van der Waals surface area contributed by atoms with Crippen molar-refractivity contribution in [3.05, 3.63) is 40.9 Å². The smallest absolute Gasteiger partial charge is 0.228 e. The molecule has 1 aromatic heterocycles. The zero-order chi connectivity index (χ0) is 17.1. The van der Waals surface area contributed by atoms with E-state index >= 15 is 0 Å². The number of aryl methyl sites for hydroxylation is 1. The number of benzene rings is 1. The third-order valence-electron chi connectivity index (χ3n) is 4.76. The van der Waals surface area contributed by atoms with Crippen molar-refractivity contribution in [2.45, 2.75) is 39.2 Å². The molecule has 1 amide bonds. The number of likely N-dealkylation sites (tertiary alicyclic amines) is 1. The minimum absolute atomic E-state index is 0.139. The maximum atomic E-state index is 12.5. The highest BCUT2D eigenvalue weighted by atomic mass is 32.1. The second-order valence-corrected chi connectivity index (χ2v) is 7.50. The van der Waals surface area contributed by atoms with Gasteiger partial charge in [0.15, 0.2) is 0 Å². The van der Waals surface area contributed by atoms with E-state index in [4.69, 9.17) is 0 Å². The number of hydrogen-bond acceptors (Lipinski definition) is 4. The number of hydrogen-bond donors (Lipinski definition) is 1. The summed E-state index contributed by atoms with van der Waals surface area (Å²) < 4.78 is 0. The normalized spacial score (nSPS) is 17.0. The molecule has 0 radical (unpaired) electrons. The van der Waals surface area contributed by atoms with Gasteiger partial charge >= 0.3 is 0 Å². The van der Waals surface area contributed by atoms with Gasteiger partial charge in [-0.2, -0.15) is 0 Å². The van der Waals surface area contributed by atoms with Gasteiger partial charge in [-0.05, 0) is 32.6 Å². The highest BCUT2D eigenvalue weighted by molar-refractivity contribution is 7.13.